The molecule has 2 bridgehead atoms. The number of nitrogens with one attached hydrogen (secondary N) is 1. The third-order valence-electron chi connectivity index (χ3n) is 16.3. The number of nitrogen functional groups attached to an aromatic ring is 1. The number of para-hydroxylation sites is 1. The summed E-state index contributed by atoms with van der Waals surface area (Å²) >= 11 is 0. The number of phosphoric ester groups is 2. The van der Waals surface area contributed by atoms with Gasteiger partial charge in [-0.15, -0.1) is 10.2 Å². The number of aliphatic hydroxyl groups is 1. The second kappa shape index (κ2) is 27.5. The van der Waals surface area contributed by atoms with Crippen LogP contribution in [0, 0.1) is 17.2 Å². The Morgan fingerprint density at radius 1 is 0.860 bits per heavy atom. The Hall–Kier alpha value is -6.75. The molecule has 8 atom stereocenters. The van der Waals surface area contributed by atoms with Gasteiger partial charge in [0.05, 0.1) is 54.0 Å². The molecule has 7 heterocycles. The van der Waals surface area contributed by atoms with Crippen molar-refractivity contribution < 1.29 is 70.4 Å². The van der Waals surface area contributed by atoms with Gasteiger partial charge in [-0.1, -0.05) is 45.0 Å². The van der Waals surface area contributed by atoms with E-state index < -0.39 is 40.5 Å². The molecule has 4 saturated heterocycles. The highest BCUT2D eigenvalue weighted by Crippen LogP contribution is 2.60. The van der Waals surface area contributed by atoms with Crippen LogP contribution in [0.5, 0.6) is 17.5 Å². The highest BCUT2D eigenvalue weighted by atomic mass is 31.3. The van der Waals surface area contributed by atoms with Crippen molar-refractivity contribution in [2.24, 2.45) is 5.92 Å². The minimum atomic E-state index is -5.04. The molecule has 1 saturated carbocycles. The van der Waals surface area contributed by atoms with E-state index in [1.807, 2.05) is 39.0 Å². The second-order valence-electron chi connectivity index (χ2n) is 22.8. The molecule has 5 fully saturated rings. The summed E-state index contributed by atoms with van der Waals surface area (Å²) in [5, 5.41) is 35.5. The minimum Gasteiger partial charge on any atom is -0.474 e. The highest BCUT2D eigenvalue weighted by Gasteiger charge is 2.45. The van der Waals surface area contributed by atoms with E-state index in [0.29, 0.717) is 66.8 Å². The van der Waals surface area contributed by atoms with E-state index in [2.05, 4.69) is 55.3 Å². The van der Waals surface area contributed by atoms with Crippen LogP contribution in [0.25, 0.3) is 11.3 Å². The monoisotopic (exact) mass is 1230 g/mol. The van der Waals surface area contributed by atoms with Crippen LogP contribution in [0.15, 0.2) is 83.5 Å². The number of nitriles is 1. The Labute approximate surface area is 499 Å². The van der Waals surface area contributed by atoms with Gasteiger partial charge in [0.1, 0.15) is 30.4 Å². The molecular formula is C58H75N11O15P2. The third kappa shape index (κ3) is 15.3. The first-order valence-corrected chi connectivity index (χ1v) is 32.2. The number of benzene rings is 2. The third-order valence-corrected chi connectivity index (χ3v) is 18.9. The lowest BCUT2D eigenvalue weighted by atomic mass is 9.91. The van der Waals surface area contributed by atoms with Gasteiger partial charge in [-0.3, -0.25) is 19.0 Å². The quantitative estimate of drug-likeness (QED) is 0.0278. The number of fused-ring (bicyclic) bond motifs is 2. The van der Waals surface area contributed by atoms with Gasteiger partial charge in [0, 0.05) is 100 Å². The van der Waals surface area contributed by atoms with Crippen LogP contribution in [0.4, 0.5) is 17.2 Å². The van der Waals surface area contributed by atoms with E-state index >= 15 is 0 Å². The lowest BCUT2D eigenvalue weighted by molar-refractivity contribution is -0.141. The van der Waals surface area contributed by atoms with Crippen molar-refractivity contribution in [1.82, 2.24) is 35.5 Å². The average Bonchev–Trinajstić information content (AvgIpc) is 4.41. The lowest BCUT2D eigenvalue weighted by Gasteiger charge is -2.43. The first-order valence-electron chi connectivity index (χ1n) is 29.3. The van der Waals surface area contributed by atoms with Crippen LogP contribution in [-0.4, -0.2) is 159 Å². The topological polar surface area (TPSA) is 333 Å². The number of anilines is 3. The number of amides is 2. The number of phosphoric acid groups is 2. The van der Waals surface area contributed by atoms with Gasteiger partial charge in [-0.2, -0.15) is 9.57 Å². The predicted molar refractivity (Wildman–Crippen MR) is 313 cm³/mol. The molecule has 0 spiro atoms. The maximum atomic E-state index is 14.2. The largest absolute Gasteiger partial charge is 0.484 e. The molecule has 462 valence electrons. The van der Waals surface area contributed by atoms with E-state index in [9.17, 15) is 33.6 Å². The molecule has 4 aliphatic heterocycles. The zero-order valence-electron chi connectivity index (χ0n) is 48.5. The molecule has 3 aromatic heterocycles. The number of likely N-dealkylation sites (tertiary alicyclic amines) is 2. The number of nitrogens with two attached hydrogens (primary N) is 1. The number of hydrogen-bond acceptors (Lipinski definition) is 22. The molecule has 28 heteroatoms. The Balaban J connectivity index is 0.643. The van der Waals surface area contributed by atoms with Gasteiger partial charge >= 0.3 is 15.6 Å². The molecule has 1 aliphatic carbocycles. The number of aromatic nitrogens is 4. The summed E-state index contributed by atoms with van der Waals surface area (Å²) in [6.45, 7) is 10.5. The Morgan fingerprint density at radius 3 is 2.31 bits per heavy atom. The highest BCUT2D eigenvalue weighted by molar-refractivity contribution is 7.61. The fourth-order valence-electron chi connectivity index (χ4n) is 11.9. The number of aliphatic hydroxyl groups excluding tert-OH is 1. The molecule has 0 radical (unpaired) electrons. The fourth-order valence-corrected chi connectivity index (χ4v) is 13.9. The fraction of sp³-hybridized carbons (Fsp3) is 0.534. The van der Waals surface area contributed by atoms with Gasteiger partial charge < -0.3 is 64.1 Å². The Kier molecular flexibility index (Phi) is 19.9. The zero-order valence-corrected chi connectivity index (χ0v) is 50.3. The summed E-state index contributed by atoms with van der Waals surface area (Å²) in [6, 6.07) is 22.5. The minimum absolute atomic E-state index is 0.00575. The van der Waals surface area contributed by atoms with Crippen molar-refractivity contribution in [2.75, 3.05) is 74.8 Å². The number of ether oxygens (including phenoxy) is 4. The van der Waals surface area contributed by atoms with Crippen molar-refractivity contribution in [3.8, 4) is 34.8 Å². The SMILES string of the molecule is CCCOP(=O)(O)OP(=O)(O)OCOc1ccccc1-c1cc(N2CC3CCC(C2)N3c2ccnc(OC3CC(OC4CCN(CCOc5cc([C@H](C(=O)N6C[C@H](O)C[C@H]6C(=O)N[C@@H](C)c6ccc(C#N)cc6)C(C)C)on5)CC4)C3)c2)c(N)nn1. The Bertz CT molecular complexity index is 3270. The molecule has 5 aliphatic rings. The van der Waals surface area contributed by atoms with Crippen molar-refractivity contribution in [3.05, 3.63) is 95.9 Å². The van der Waals surface area contributed by atoms with Crippen molar-refractivity contribution in [2.45, 2.75) is 134 Å². The average molecular weight is 1230 g/mol. The second-order valence-corrected chi connectivity index (χ2v) is 25.8. The summed E-state index contributed by atoms with van der Waals surface area (Å²) in [5.74, 6) is 0.00568. The molecule has 26 nitrogen and oxygen atoms in total. The number of nitrogens with zero attached hydrogens (tertiary/aromatic N) is 9. The smallest absolute Gasteiger partial charge is 0.474 e. The van der Waals surface area contributed by atoms with Crippen molar-refractivity contribution in [3.63, 3.8) is 0 Å². The van der Waals surface area contributed by atoms with E-state index in [1.165, 1.54) is 4.90 Å². The molecule has 10 rings (SSSR count). The molecule has 2 aromatic carbocycles. The molecule has 4 unspecified atom stereocenters. The number of piperazine rings is 1. The standard InChI is InChI=1S/C58H75N11O15P2/c1-5-23-79-85(73,74)84-86(75,76)80-35-78-51-9-7-6-8-47(51)48-29-49(56(60)64-63-48)67-32-41-14-15-42(33-67)69(41)40-16-19-61-53(25-40)82-46-27-45(28-46)81-44-17-20-66(21-18-44)22-24-77-54-30-52(83-65-54)55(36(2)3)58(72)68-34-43(70)26-50(68)57(71)62-37(4)39-12-10-38(31-59)11-13-39/h6-13,16,19,25,29-30,36-37,41-46,50,55,70H,5,14-15,17-18,20-24,26-28,32-35H2,1-4H3,(H2,60,64)(H,62,71)(H,73,74)(H,75,76)/t37-,41?,42?,43+,45?,46?,50-,55+/m0/s1. The first kappa shape index (κ1) is 62.3. The first-order chi connectivity index (χ1) is 41.3. The van der Waals surface area contributed by atoms with Gasteiger partial charge in [-0.25, -0.2) is 18.6 Å². The maximum Gasteiger partial charge on any atom is 0.484 e. The molecular weight excluding hydrogens is 1150 g/mol. The van der Waals surface area contributed by atoms with Gasteiger partial charge in [-0.05, 0) is 92.1 Å². The van der Waals surface area contributed by atoms with Crippen molar-refractivity contribution >= 4 is 44.7 Å². The van der Waals surface area contributed by atoms with Crippen LogP contribution >= 0.6 is 15.6 Å². The number of carbonyl (C=O) groups is 2. The summed E-state index contributed by atoms with van der Waals surface area (Å²) in [5.41, 5.74) is 10.5. The summed E-state index contributed by atoms with van der Waals surface area (Å²) in [7, 11) is -9.89. The zero-order chi connectivity index (χ0) is 60.7. The van der Waals surface area contributed by atoms with E-state index in [1.54, 1.807) is 67.7 Å². The van der Waals surface area contributed by atoms with E-state index in [0.717, 1.165) is 62.9 Å². The van der Waals surface area contributed by atoms with Gasteiger partial charge in [0.2, 0.25) is 17.7 Å². The molecule has 86 heavy (non-hydrogen) atoms. The number of β-amino-alcohol motifs (C(OH)–C–C–N with tert-alkyl or cyclic N) is 1. The summed E-state index contributed by atoms with van der Waals surface area (Å²) < 4.78 is 68.6. The van der Waals surface area contributed by atoms with Crippen LogP contribution < -0.4 is 35.1 Å². The lowest BCUT2D eigenvalue weighted by Crippen LogP contribution is -2.54. The molecule has 5 aromatic rings. The van der Waals surface area contributed by atoms with Crippen LogP contribution in [0.2, 0.25) is 0 Å². The van der Waals surface area contributed by atoms with Crippen LogP contribution in [-0.2, 0) is 36.8 Å². The normalized spacial score (nSPS) is 23.6. The number of pyridine rings is 1. The van der Waals surface area contributed by atoms with E-state index in [-0.39, 0.29) is 91.2 Å². The van der Waals surface area contributed by atoms with Gasteiger partial charge in [0.25, 0.3) is 5.88 Å². The maximum absolute atomic E-state index is 14.2. The van der Waals surface area contributed by atoms with E-state index in [4.69, 9.17) is 39.0 Å². The molecule has 6 N–H and O–H groups in total. The summed E-state index contributed by atoms with van der Waals surface area (Å²) in [6.07, 6.45) is 6.96. The predicted octanol–water partition coefficient (Wildman–Crippen LogP) is 6.88. The number of piperidine rings is 1. The Morgan fingerprint density at radius 2 is 1.59 bits per heavy atom. The number of carbonyl (C=O) groups excluding carboxylic acids is 2. The number of hydrogen-bond donors (Lipinski definition) is 5. The molecule has 2 amide bonds. The summed E-state index contributed by atoms with van der Waals surface area (Å²) in [4.78, 5) is 60.5. The van der Waals surface area contributed by atoms with Crippen molar-refractivity contribution in [1.29, 1.82) is 5.26 Å². The number of rotatable bonds is 26. The van der Waals surface area contributed by atoms with Gasteiger partial charge in [0.15, 0.2) is 18.4 Å². The van der Waals surface area contributed by atoms with Crippen LogP contribution in [0.1, 0.15) is 108 Å². The van der Waals surface area contributed by atoms with Crippen LogP contribution in [0.3, 0.4) is 0 Å².